The molecule has 2 nitrogen and oxygen atoms in total. The molecule has 2 heteroatoms. The van der Waals surface area contributed by atoms with Crippen molar-refractivity contribution in [2.24, 2.45) is 0 Å². The summed E-state index contributed by atoms with van der Waals surface area (Å²) < 4.78 is 5.26. The van der Waals surface area contributed by atoms with Crippen molar-refractivity contribution in [3.05, 3.63) is 35.4 Å². The average Bonchev–Trinajstić information content (AvgIpc) is 2.94. The molecule has 0 N–H and O–H groups in total. The first-order chi connectivity index (χ1) is 6.32. The van der Waals surface area contributed by atoms with E-state index in [1.54, 1.807) is 0 Å². The second-order valence-electron chi connectivity index (χ2n) is 3.77. The summed E-state index contributed by atoms with van der Waals surface area (Å²) in [5.74, 6) is 0.189. The van der Waals surface area contributed by atoms with Crippen LogP contribution in [-0.4, -0.2) is 18.0 Å². The Balaban J connectivity index is 2.13. The predicted molar refractivity (Wildman–Crippen MR) is 47.8 cm³/mol. The zero-order chi connectivity index (χ0) is 8.89. The topological polar surface area (TPSA) is 29.6 Å². The molecule has 0 unspecified atom stereocenters. The van der Waals surface area contributed by atoms with Crippen molar-refractivity contribution in [3.8, 4) is 0 Å². The molecular formula is C11H10O2. The van der Waals surface area contributed by atoms with Gasteiger partial charge in [-0.3, -0.25) is 4.79 Å². The van der Waals surface area contributed by atoms with Gasteiger partial charge in [0.15, 0.2) is 11.4 Å². The number of fused-ring (bicyclic) bond motifs is 1. The summed E-state index contributed by atoms with van der Waals surface area (Å²) in [6.07, 6.45) is 1.84. The van der Waals surface area contributed by atoms with Crippen LogP contribution in [0.2, 0.25) is 0 Å². The van der Waals surface area contributed by atoms with Crippen molar-refractivity contribution < 1.29 is 9.53 Å². The molecule has 0 radical (unpaired) electrons. The maximum atomic E-state index is 11.9. The fraction of sp³-hybridized carbons (Fsp3) is 0.364. The van der Waals surface area contributed by atoms with Crippen LogP contribution in [0.15, 0.2) is 24.3 Å². The number of rotatable bonds is 0. The average molecular weight is 174 g/mol. The van der Waals surface area contributed by atoms with Gasteiger partial charge in [0, 0.05) is 5.56 Å². The Morgan fingerprint density at radius 1 is 1.31 bits per heavy atom. The third-order valence-electron chi connectivity index (χ3n) is 2.97. The van der Waals surface area contributed by atoms with Crippen molar-refractivity contribution >= 4 is 5.78 Å². The normalized spacial score (nSPS) is 30.3. The molecule has 3 rings (SSSR count). The van der Waals surface area contributed by atoms with Gasteiger partial charge in [-0.05, 0) is 18.4 Å². The monoisotopic (exact) mass is 174 g/mol. The van der Waals surface area contributed by atoms with Crippen molar-refractivity contribution in [1.29, 1.82) is 0 Å². The lowest BCUT2D eigenvalue weighted by Gasteiger charge is -2.19. The molecule has 13 heavy (non-hydrogen) atoms. The van der Waals surface area contributed by atoms with Crippen LogP contribution in [0.1, 0.15) is 22.3 Å². The smallest absolute Gasteiger partial charge is 0.197 e. The molecule has 0 bridgehead atoms. The second kappa shape index (κ2) is 2.20. The molecule has 1 aromatic rings. The van der Waals surface area contributed by atoms with E-state index in [0.29, 0.717) is 6.61 Å². The van der Waals surface area contributed by atoms with E-state index in [9.17, 15) is 4.79 Å². The molecule has 1 heterocycles. The second-order valence-corrected chi connectivity index (χ2v) is 3.77. The fourth-order valence-electron chi connectivity index (χ4n) is 2.02. The van der Waals surface area contributed by atoms with Crippen LogP contribution in [0.4, 0.5) is 0 Å². The lowest BCUT2D eigenvalue weighted by molar-refractivity contribution is 0.0850. The molecule has 0 amide bonds. The van der Waals surface area contributed by atoms with E-state index in [-0.39, 0.29) is 5.78 Å². The molecule has 1 aliphatic heterocycles. The fourth-order valence-corrected chi connectivity index (χ4v) is 2.02. The Bertz CT molecular complexity index is 377. The van der Waals surface area contributed by atoms with E-state index in [1.165, 1.54) is 5.56 Å². The zero-order valence-corrected chi connectivity index (χ0v) is 7.25. The van der Waals surface area contributed by atoms with Crippen LogP contribution in [0.3, 0.4) is 0 Å². The highest BCUT2D eigenvalue weighted by Crippen LogP contribution is 2.40. The highest BCUT2D eigenvalue weighted by molar-refractivity contribution is 6.06. The minimum absolute atomic E-state index is 0.189. The molecule has 1 fully saturated rings. The number of ether oxygens (including phenoxy) is 1. The van der Waals surface area contributed by atoms with Gasteiger partial charge in [0.2, 0.25) is 0 Å². The van der Waals surface area contributed by atoms with Crippen LogP contribution >= 0.6 is 0 Å². The lowest BCUT2D eigenvalue weighted by atomic mass is 9.83. The summed E-state index contributed by atoms with van der Waals surface area (Å²) in [6.45, 7) is 0.625. The minimum Gasteiger partial charge on any atom is -0.361 e. The quantitative estimate of drug-likeness (QED) is 0.559. The zero-order valence-electron chi connectivity index (χ0n) is 7.25. The van der Waals surface area contributed by atoms with Gasteiger partial charge in [-0.25, -0.2) is 0 Å². The van der Waals surface area contributed by atoms with Crippen LogP contribution < -0.4 is 0 Å². The highest BCUT2D eigenvalue weighted by atomic mass is 16.6. The van der Waals surface area contributed by atoms with Crippen LogP contribution in [0.5, 0.6) is 0 Å². The predicted octanol–water partition coefficient (Wildman–Crippen LogP) is 1.58. The molecule has 1 saturated heterocycles. The first-order valence-electron chi connectivity index (χ1n) is 4.58. The van der Waals surface area contributed by atoms with E-state index in [2.05, 4.69) is 0 Å². The molecular weight excluding hydrogens is 164 g/mol. The molecule has 66 valence electrons. The van der Waals surface area contributed by atoms with Crippen molar-refractivity contribution in [3.63, 3.8) is 0 Å². The summed E-state index contributed by atoms with van der Waals surface area (Å²) in [5, 5.41) is 0. The third kappa shape index (κ3) is 0.893. The van der Waals surface area contributed by atoms with Crippen molar-refractivity contribution in [2.45, 2.75) is 18.4 Å². The highest BCUT2D eigenvalue weighted by Gasteiger charge is 2.53. The summed E-state index contributed by atoms with van der Waals surface area (Å²) in [6, 6.07) is 7.83. The SMILES string of the molecule is O=C1c2ccccc2CC[C@]12CO2. The molecule has 1 spiro atoms. The van der Waals surface area contributed by atoms with Gasteiger partial charge < -0.3 is 4.74 Å². The van der Waals surface area contributed by atoms with Gasteiger partial charge in [-0.2, -0.15) is 0 Å². The van der Waals surface area contributed by atoms with Gasteiger partial charge in [0.25, 0.3) is 0 Å². The van der Waals surface area contributed by atoms with E-state index in [1.807, 2.05) is 24.3 Å². The number of epoxide rings is 1. The number of ketones is 1. The van der Waals surface area contributed by atoms with E-state index < -0.39 is 5.60 Å². The summed E-state index contributed by atoms with van der Waals surface area (Å²) in [4.78, 5) is 11.9. The minimum atomic E-state index is -0.408. The molecule has 0 saturated carbocycles. The molecule has 0 aromatic heterocycles. The molecule has 1 atom stereocenters. The van der Waals surface area contributed by atoms with Gasteiger partial charge >= 0.3 is 0 Å². The number of hydrogen-bond acceptors (Lipinski definition) is 2. The largest absolute Gasteiger partial charge is 0.361 e. The molecule has 1 aromatic carbocycles. The molecule has 2 aliphatic rings. The number of carbonyl (C=O) groups excluding carboxylic acids is 1. The first-order valence-corrected chi connectivity index (χ1v) is 4.58. The Hall–Kier alpha value is -1.15. The Morgan fingerprint density at radius 3 is 2.85 bits per heavy atom. The number of carbonyl (C=O) groups is 1. The van der Waals surface area contributed by atoms with E-state index >= 15 is 0 Å². The van der Waals surface area contributed by atoms with Crippen LogP contribution in [0.25, 0.3) is 0 Å². The molecule has 1 aliphatic carbocycles. The number of benzene rings is 1. The first kappa shape index (κ1) is 7.27. The lowest BCUT2D eigenvalue weighted by Crippen LogP contribution is -2.30. The van der Waals surface area contributed by atoms with E-state index in [4.69, 9.17) is 4.74 Å². The summed E-state index contributed by atoms with van der Waals surface area (Å²) in [5.41, 5.74) is 1.63. The Kier molecular flexibility index (Phi) is 1.23. The standard InChI is InChI=1S/C11H10O2/c12-10-9-4-2-1-3-8(9)5-6-11(10)7-13-11/h1-4H,5-7H2/t11-/m0/s1. The maximum absolute atomic E-state index is 11.9. The Labute approximate surface area is 76.5 Å². The Morgan fingerprint density at radius 2 is 2.08 bits per heavy atom. The number of hydrogen-bond donors (Lipinski definition) is 0. The number of aryl methyl sites for hydroxylation is 1. The van der Waals surface area contributed by atoms with Crippen molar-refractivity contribution in [1.82, 2.24) is 0 Å². The van der Waals surface area contributed by atoms with Gasteiger partial charge in [-0.1, -0.05) is 24.3 Å². The van der Waals surface area contributed by atoms with Crippen molar-refractivity contribution in [2.75, 3.05) is 6.61 Å². The van der Waals surface area contributed by atoms with Crippen LogP contribution in [0, 0.1) is 0 Å². The third-order valence-corrected chi connectivity index (χ3v) is 2.97. The van der Waals surface area contributed by atoms with Gasteiger partial charge in [-0.15, -0.1) is 0 Å². The van der Waals surface area contributed by atoms with Gasteiger partial charge in [0.1, 0.15) is 0 Å². The number of Topliss-reactive ketones (excluding diaryl/α,β-unsaturated/α-hetero) is 1. The maximum Gasteiger partial charge on any atom is 0.197 e. The summed E-state index contributed by atoms with van der Waals surface area (Å²) in [7, 11) is 0. The van der Waals surface area contributed by atoms with Crippen LogP contribution in [-0.2, 0) is 11.2 Å². The van der Waals surface area contributed by atoms with E-state index in [0.717, 1.165) is 18.4 Å². The van der Waals surface area contributed by atoms with Gasteiger partial charge in [0.05, 0.1) is 6.61 Å². The summed E-state index contributed by atoms with van der Waals surface area (Å²) >= 11 is 0.